The highest BCUT2D eigenvalue weighted by molar-refractivity contribution is 5.84. The van der Waals surface area contributed by atoms with Crippen LogP contribution in [0.3, 0.4) is 0 Å². The van der Waals surface area contributed by atoms with Crippen molar-refractivity contribution in [3.05, 3.63) is 11.9 Å². The molecule has 1 aromatic heterocycles. The van der Waals surface area contributed by atoms with Crippen molar-refractivity contribution < 1.29 is 14.7 Å². The monoisotopic (exact) mass is 268 g/mol. The van der Waals surface area contributed by atoms with Gasteiger partial charge in [-0.15, -0.1) is 5.10 Å². The molecule has 0 saturated carbocycles. The first kappa shape index (κ1) is 15.1. The number of amides is 1. The van der Waals surface area contributed by atoms with E-state index in [9.17, 15) is 9.59 Å². The van der Waals surface area contributed by atoms with Crippen molar-refractivity contribution >= 4 is 11.9 Å². The van der Waals surface area contributed by atoms with Crippen molar-refractivity contribution in [3.63, 3.8) is 0 Å². The molecule has 1 N–H and O–H groups in total. The summed E-state index contributed by atoms with van der Waals surface area (Å²) in [4.78, 5) is 24.5. The number of carboxylic acids is 1. The molecule has 7 heteroatoms. The van der Waals surface area contributed by atoms with E-state index in [2.05, 4.69) is 24.2 Å². The Morgan fingerprint density at radius 3 is 2.63 bits per heavy atom. The van der Waals surface area contributed by atoms with Crippen molar-refractivity contribution in [2.45, 2.75) is 33.7 Å². The average molecular weight is 268 g/mol. The number of nitrogens with zero attached hydrogens (tertiary/aromatic N) is 4. The van der Waals surface area contributed by atoms with E-state index in [4.69, 9.17) is 5.11 Å². The number of rotatable bonds is 7. The molecule has 0 bridgehead atoms. The van der Waals surface area contributed by atoms with Crippen molar-refractivity contribution in [1.29, 1.82) is 0 Å². The van der Waals surface area contributed by atoms with Gasteiger partial charge >= 0.3 is 5.97 Å². The van der Waals surface area contributed by atoms with Gasteiger partial charge in [0.2, 0.25) is 5.91 Å². The van der Waals surface area contributed by atoms with Gasteiger partial charge < -0.3 is 10.0 Å². The molecule has 0 aliphatic carbocycles. The zero-order valence-electron chi connectivity index (χ0n) is 11.5. The first-order valence-corrected chi connectivity index (χ1v) is 6.39. The summed E-state index contributed by atoms with van der Waals surface area (Å²) in [6.45, 7) is 7.44. The normalized spacial score (nSPS) is 12.2. The minimum Gasteiger partial charge on any atom is -0.476 e. The summed E-state index contributed by atoms with van der Waals surface area (Å²) in [7, 11) is 0. The SMILES string of the molecule is CCC(C)CN(CC)C(=O)Cn1cc(C(=O)O)nn1. The van der Waals surface area contributed by atoms with E-state index < -0.39 is 5.97 Å². The van der Waals surface area contributed by atoms with Gasteiger partial charge in [0.1, 0.15) is 6.54 Å². The molecule has 1 amide bonds. The topological polar surface area (TPSA) is 88.3 Å². The van der Waals surface area contributed by atoms with E-state index in [0.717, 1.165) is 6.42 Å². The van der Waals surface area contributed by atoms with Crippen LogP contribution in [0.15, 0.2) is 6.20 Å². The molecular formula is C12H20N4O3. The highest BCUT2D eigenvalue weighted by atomic mass is 16.4. The summed E-state index contributed by atoms with van der Waals surface area (Å²) < 4.78 is 1.26. The third kappa shape index (κ3) is 4.35. The van der Waals surface area contributed by atoms with Crippen LogP contribution in [0.4, 0.5) is 0 Å². The third-order valence-electron chi connectivity index (χ3n) is 3.02. The summed E-state index contributed by atoms with van der Waals surface area (Å²) in [5, 5.41) is 15.8. The Kier molecular flexibility index (Phi) is 5.47. The fourth-order valence-corrected chi connectivity index (χ4v) is 1.62. The van der Waals surface area contributed by atoms with Crippen molar-refractivity contribution in [1.82, 2.24) is 19.9 Å². The van der Waals surface area contributed by atoms with Gasteiger partial charge in [0, 0.05) is 13.1 Å². The number of hydrogen-bond acceptors (Lipinski definition) is 4. The fraction of sp³-hybridized carbons (Fsp3) is 0.667. The van der Waals surface area contributed by atoms with Crippen LogP contribution in [0.5, 0.6) is 0 Å². The van der Waals surface area contributed by atoms with E-state index in [1.807, 2.05) is 6.92 Å². The highest BCUT2D eigenvalue weighted by Gasteiger charge is 2.16. The first-order chi connectivity index (χ1) is 8.97. The second kappa shape index (κ2) is 6.86. The number of hydrogen-bond donors (Lipinski definition) is 1. The third-order valence-corrected chi connectivity index (χ3v) is 3.02. The number of aromatic nitrogens is 3. The van der Waals surface area contributed by atoms with Gasteiger partial charge in [0.25, 0.3) is 0 Å². The van der Waals surface area contributed by atoms with Crippen LogP contribution in [0.2, 0.25) is 0 Å². The molecule has 1 heterocycles. The summed E-state index contributed by atoms with van der Waals surface area (Å²) in [5.41, 5.74) is -0.155. The van der Waals surface area contributed by atoms with Gasteiger partial charge in [0.15, 0.2) is 5.69 Å². The molecule has 106 valence electrons. The molecule has 0 spiro atoms. The molecule has 1 unspecified atom stereocenters. The quantitative estimate of drug-likeness (QED) is 0.792. The Bertz CT molecular complexity index is 444. The van der Waals surface area contributed by atoms with Crippen LogP contribution in [0, 0.1) is 5.92 Å². The van der Waals surface area contributed by atoms with Gasteiger partial charge in [-0.25, -0.2) is 9.48 Å². The van der Waals surface area contributed by atoms with E-state index in [1.165, 1.54) is 10.9 Å². The van der Waals surface area contributed by atoms with Gasteiger partial charge in [-0.2, -0.15) is 0 Å². The maximum Gasteiger partial charge on any atom is 0.358 e. The maximum absolute atomic E-state index is 12.1. The summed E-state index contributed by atoms with van der Waals surface area (Å²) in [5.74, 6) is -0.787. The Hall–Kier alpha value is -1.92. The van der Waals surface area contributed by atoms with E-state index in [-0.39, 0.29) is 18.1 Å². The molecule has 0 aromatic carbocycles. The van der Waals surface area contributed by atoms with Crippen LogP contribution >= 0.6 is 0 Å². The van der Waals surface area contributed by atoms with Crippen molar-refractivity contribution in [3.8, 4) is 0 Å². The Balaban J connectivity index is 2.63. The molecule has 0 radical (unpaired) electrons. The smallest absolute Gasteiger partial charge is 0.358 e. The number of carbonyl (C=O) groups is 2. The largest absolute Gasteiger partial charge is 0.476 e. The highest BCUT2D eigenvalue weighted by Crippen LogP contribution is 2.05. The second-order valence-corrected chi connectivity index (χ2v) is 4.55. The predicted octanol–water partition coefficient (Wildman–Crippen LogP) is 0.871. The lowest BCUT2D eigenvalue weighted by atomic mass is 10.1. The lowest BCUT2D eigenvalue weighted by Gasteiger charge is -2.23. The van der Waals surface area contributed by atoms with Crippen LogP contribution in [-0.2, 0) is 11.3 Å². The standard InChI is InChI=1S/C12H20N4O3/c1-4-9(3)6-15(5-2)11(17)8-16-7-10(12(18)19)13-14-16/h7,9H,4-6,8H2,1-3H3,(H,18,19). The van der Waals surface area contributed by atoms with Gasteiger partial charge in [-0.3, -0.25) is 4.79 Å². The number of carbonyl (C=O) groups excluding carboxylic acids is 1. The molecule has 1 atom stereocenters. The Morgan fingerprint density at radius 2 is 2.16 bits per heavy atom. The van der Waals surface area contributed by atoms with Gasteiger partial charge in [-0.05, 0) is 12.8 Å². The summed E-state index contributed by atoms with van der Waals surface area (Å²) >= 11 is 0. The molecule has 0 fully saturated rings. The molecule has 0 aliphatic rings. The van der Waals surface area contributed by atoms with Gasteiger partial charge in [0.05, 0.1) is 6.20 Å². The zero-order chi connectivity index (χ0) is 14.4. The molecule has 0 saturated heterocycles. The zero-order valence-corrected chi connectivity index (χ0v) is 11.5. The second-order valence-electron chi connectivity index (χ2n) is 4.55. The Labute approximate surface area is 112 Å². The number of carboxylic acid groups (broad SMARTS) is 1. The first-order valence-electron chi connectivity index (χ1n) is 6.39. The van der Waals surface area contributed by atoms with Crippen molar-refractivity contribution in [2.75, 3.05) is 13.1 Å². The van der Waals surface area contributed by atoms with E-state index in [1.54, 1.807) is 4.90 Å². The van der Waals surface area contributed by atoms with Crippen LogP contribution in [0.25, 0.3) is 0 Å². The average Bonchev–Trinajstić information content (AvgIpc) is 2.84. The lowest BCUT2D eigenvalue weighted by Crippen LogP contribution is -2.36. The number of likely N-dealkylation sites (N-methyl/N-ethyl adjacent to an activating group) is 1. The van der Waals surface area contributed by atoms with Crippen LogP contribution < -0.4 is 0 Å². The molecule has 7 nitrogen and oxygen atoms in total. The van der Waals surface area contributed by atoms with E-state index >= 15 is 0 Å². The molecule has 19 heavy (non-hydrogen) atoms. The summed E-state index contributed by atoms with van der Waals surface area (Å²) in [6, 6.07) is 0. The van der Waals surface area contributed by atoms with Crippen molar-refractivity contribution in [2.24, 2.45) is 5.92 Å². The van der Waals surface area contributed by atoms with Crippen LogP contribution in [-0.4, -0.2) is 50.0 Å². The summed E-state index contributed by atoms with van der Waals surface area (Å²) in [6.07, 6.45) is 2.27. The minimum atomic E-state index is -1.15. The van der Waals surface area contributed by atoms with Gasteiger partial charge in [-0.1, -0.05) is 25.5 Å². The maximum atomic E-state index is 12.1. The minimum absolute atomic E-state index is 0.0184. The lowest BCUT2D eigenvalue weighted by molar-refractivity contribution is -0.132. The fourth-order valence-electron chi connectivity index (χ4n) is 1.62. The molecule has 1 rings (SSSR count). The molecule has 1 aromatic rings. The number of aromatic carboxylic acids is 1. The van der Waals surface area contributed by atoms with Crippen LogP contribution in [0.1, 0.15) is 37.7 Å². The Morgan fingerprint density at radius 1 is 1.47 bits per heavy atom. The molecule has 0 aliphatic heterocycles. The predicted molar refractivity (Wildman–Crippen MR) is 68.7 cm³/mol. The molecular weight excluding hydrogens is 248 g/mol. The van der Waals surface area contributed by atoms with E-state index in [0.29, 0.717) is 19.0 Å².